The summed E-state index contributed by atoms with van der Waals surface area (Å²) < 4.78 is 22.5. The van der Waals surface area contributed by atoms with Crippen LogP contribution >= 0.6 is 0 Å². The van der Waals surface area contributed by atoms with Gasteiger partial charge in [-0.1, -0.05) is 6.07 Å². The SMILES string of the molecule is O=C(NCCCc1cccnc1)C1CCS(=O)(=O)C1. The molecule has 1 N–H and O–H groups in total. The second-order valence-electron chi connectivity index (χ2n) is 4.86. The van der Waals surface area contributed by atoms with Gasteiger partial charge in [-0.2, -0.15) is 0 Å². The molecule has 0 aromatic carbocycles. The lowest BCUT2D eigenvalue weighted by Gasteiger charge is -2.09. The molecule has 0 saturated carbocycles. The van der Waals surface area contributed by atoms with Crippen molar-refractivity contribution in [3.8, 4) is 0 Å². The van der Waals surface area contributed by atoms with E-state index in [4.69, 9.17) is 0 Å². The third-order valence-corrected chi connectivity index (χ3v) is 5.04. The number of carbonyl (C=O) groups is 1. The van der Waals surface area contributed by atoms with E-state index in [1.165, 1.54) is 0 Å². The highest BCUT2D eigenvalue weighted by Crippen LogP contribution is 2.18. The molecule has 2 heterocycles. The van der Waals surface area contributed by atoms with Crippen LogP contribution in [0.15, 0.2) is 24.5 Å². The van der Waals surface area contributed by atoms with Gasteiger partial charge in [0.1, 0.15) is 0 Å². The first-order valence-corrected chi connectivity index (χ1v) is 8.26. The summed E-state index contributed by atoms with van der Waals surface area (Å²) in [6.45, 7) is 0.574. The zero-order valence-corrected chi connectivity index (χ0v) is 11.5. The fourth-order valence-corrected chi connectivity index (χ4v) is 3.94. The lowest BCUT2D eigenvalue weighted by atomic mass is 10.1. The van der Waals surface area contributed by atoms with Crippen molar-refractivity contribution in [2.75, 3.05) is 18.1 Å². The molecule has 1 amide bonds. The summed E-state index contributed by atoms with van der Waals surface area (Å²) in [6.07, 6.45) is 5.68. The molecule has 2 rings (SSSR count). The number of amides is 1. The lowest BCUT2D eigenvalue weighted by Crippen LogP contribution is -2.32. The van der Waals surface area contributed by atoms with Gasteiger partial charge in [-0.3, -0.25) is 9.78 Å². The molecule has 5 nitrogen and oxygen atoms in total. The van der Waals surface area contributed by atoms with Crippen LogP contribution in [0.25, 0.3) is 0 Å². The van der Waals surface area contributed by atoms with E-state index >= 15 is 0 Å². The normalized spacial score (nSPS) is 21.2. The van der Waals surface area contributed by atoms with Crippen LogP contribution in [-0.4, -0.2) is 37.4 Å². The Hall–Kier alpha value is -1.43. The van der Waals surface area contributed by atoms with Gasteiger partial charge in [0.2, 0.25) is 5.91 Å². The van der Waals surface area contributed by atoms with Crippen LogP contribution in [0.3, 0.4) is 0 Å². The van der Waals surface area contributed by atoms with E-state index in [2.05, 4.69) is 10.3 Å². The molecule has 19 heavy (non-hydrogen) atoms. The highest BCUT2D eigenvalue weighted by atomic mass is 32.2. The number of nitrogens with zero attached hydrogens (tertiary/aromatic N) is 1. The van der Waals surface area contributed by atoms with Gasteiger partial charge in [-0.05, 0) is 30.9 Å². The van der Waals surface area contributed by atoms with Crippen molar-refractivity contribution in [3.63, 3.8) is 0 Å². The Bertz CT molecular complexity index is 528. The molecule has 0 radical (unpaired) electrons. The monoisotopic (exact) mass is 282 g/mol. The number of rotatable bonds is 5. The van der Waals surface area contributed by atoms with Crippen molar-refractivity contribution in [3.05, 3.63) is 30.1 Å². The van der Waals surface area contributed by atoms with Crippen LogP contribution in [0.4, 0.5) is 0 Å². The standard InChI is InChI=1S/C13H18N2O3S/c16-13(12-5-8-19(17,18)10-12)15-7-2-4-11-3-1-6-14-9-11/h1,3,6,9,12H,2,4-5,7-8,10H2,(H,15,16). The topological polar surface area (TPSA) is 76.1 Å². The molecule has 1 aromatic rings. The van der Waals surface area contributed by atoms with Gasteiger partial charge in [0, 0.05) is 18.9 Å². The molecular weight excluding hydrogens is 264 g/mol. The van der Waals surface area contributed by atoms with E-state index in [0.717, 1.165) is 18.4 Å². The van der Waals surface area contributed by atoms with Crippen LogP contribution in [0.1, 0.15) is 18.4 Å². The molecule has 1 fully saturated rings. The maximum atomic E-state index is 11.8. The third-order valence-electron chi connectivity index (χ3n) is 3.27. The summed E-state index contributed by atoms with van der Waals surface area (Å²) in [4.78, 5) is 15.8. The Balaban J connectivity index is 1.68. The van der Waals surface area contributed by atoms with E-state index in [9.17, 15) is 13.2 Å². The second kappa shape index (κ2) is 6.14. The molecule has 0 bridgehead atoms. The predicted octanol–water partition coefficient (Wildman–Crippen LogP) is 0.565. The number of hydrogen-bond donors (Lipinski definition) is 1. The van der Waals surface area contributed by atoms with Gasteiger partial charge in [-0.15, -0.1) is 0 Å². The van der Waals surface area contributed by atoms with E-state index in [0.29, 0.717) is 13.0 Å². The largest absolute Gasteiger partial charge is 0.356 e. The van der Waals surface area contributed by atoms with Crippen molar-refractivity contribution in [1.29, 1.82) is 0 Å². The van der Waals surface area contributed by atoms with Gasteiger partial charge < -0.3 is 5.32 Å². The fourth-order valence-electron chi connectivity index (χ4n) is 2.20. The number of aromatic nitrogens is 1. The number of pyridine rings is 1. The number of sulfone groups is 1. The molecule has 1 aromatic heterocycles. The van der Waals surface area contributed by atoms with E-state index < -0.39 is 9.84 Å². The zero-order valence-electron chi connectivity index (χ0n) is 10.7. The minimum atomic E-state index is -2.98. The van der Waals surface area contributed by atoms with E-state index in [1.54, 1.807) is 6.20 Å². The molecule has 1 unspecified atom stereocenters. The zero-order chi connectivity index (χ0) is 13.7. The summed E-state index contributed by atoms with van der Waals surface area (Å²) in [7, 11) is -2.98. The highest BCUT2D eigenvalue weighted by Gasteiger charge is 2.32. The summed E-state index contributed by atoms with van der Waals surface area (Å²) >= 11 is 0. The quantitative estimate of drug-likeness (QED) is 0.801. The van der Waals surface area contributed by atoms with Crippen LogP contribution < -0.4 is 5.32 Å². The minimum absolute atomic E-state index is 0.00143. The number of carbonyl (C=O) groups excluding carboxylic acids is 1. The van der Waals surface area contributed by atoms with E-state index in [-0.39, 0.29) is 23.3 Å². The van der Waals surface area contributed by atoms with Gasteiger partial charge in [0.25, 0.3) is 0 Å². The number of hydrogen-bond acceptors (Lipinski definition) is 4. The Morgan fingerprint density at radius 3 is 2.95 bits per heavy atom. The Morgan fingerprint density at radius 2 is 2.32 bits per heavy atom. The Kier molecular flexibility index (Phi) is 4.52. The molecule has 1 atom stereocenters. The van der Waals surface area contributed by atoms with Gasteiger partial charge in [-0.25, -0.2) is 8.42 Å². The summed E-state index contributed by atoms with van der Waals surface area (Å²) in [5.41, 5.74) is 1.14. The van der Waals surface area contributed by atoms with Crippen LogP contribution in [-0.2, 0) is 21.1 Å². The molecule has 1 aliphatic rings. The number of nitrogens with one attached hydrogen (secondary N) is 1. The van der Waals surface area contributed by atoms with Crippen molar-refractivity contribution in [2.45, 2.75) is 19.3 Å². The summed E-state index contributed by atoms with van der Waals surface area (Å²) in [5, 5.41) is 2.81. The summed E-state index contributed by atoms with van der Waals surface area (Å²) in [5.74, 6) is -0.349. The highest BCUT2D eigenvalue weighted by molar-refractivity contribution is 7.91. The van der Waals surface area contributed by atoms with Crippen LogP contribution in [0, 0.1) is 5.92 Å². The van der Waals surface area contributed by atoms with Gasteiger partial charge >= 0.3 is 0 Å². The molecule has 1 aliphatic heterocycles. The average Bonchev–Trinajstić information content (AvgIpc) is 2.76. The molecule has 1 saturated heterocycles. The van der Waals surface area contributed by atoms with Gasteiger partial charge in [0.15, 0.2) is 9.84 Å². The minimum Gasteiger partial charge on any atom is -0.356 e. The first kappa shape index (κ1) is 14.0. The predicted molar refractivity (Wildman–Crippen MR) is 72.3 cm³/mol. The smallest absolute Gasteiger partial charge is 0.224 e. The molecular formula is C13H18N2O3S. The van der Waals surface area contributed by atoms with Crippen LogP contribution in [0.2, 0.25) is 0 Å². The Labute approximate surface area is 113 Å². The van der Waals surface area contributed by atoms with Crippen molar-refractivity contribution in [2.24, 2.45) is 5.92 Å². The van der Waals surface area contributed by atoms with Crippen molar-refractivity contribution < 1.29 is 13.2 Å². The maximum absolute atomic E-state index is 11.8. The number of aryl methyl sites for hydroxylation is 1. The first-order valence-electron chi connectivity index (χ1n) is 6.44. The van der Waals surface area contributed by atoms with Crippen LogP contribution in [0.5, 0.6) is 0 Å². The van der Waals surface area contributed by atoms with E-state index in [1.807, 2.05) is 18.3 Å². The molecule has 0 aliphatic carbocycles. The molecule has 0 spiro atoms. The van der Waals surface area contributed by atoms with Gasteiger partial charge in [0.05, 0.1) is 17.4 Å². The maximum Gasteiger partial charge on any atom is 0.224 e. The lowest BCUT2D eigenvalue weighted by molar-refractivity contribution is -0.124. The third kappa shape index (κ3) is 4.31. The van der Waals surface area contributed by atoms with Crippen molar-refractivity contribution in [1.82, 2.24) is 10.3 Å². The van der Waals surface area contributed by atoms with Crippen molar-refractivity contribution >= 4 is 15.7 Å². The second-order valence-corrected chi connectivity index (χ2v) is 7.08. The summed E-state index contributed by atoms with van der Waals surface area (Å²) in [6, 6.07) is 3.88. The average molecular weight is 282 g/mol. The molecule has 6 heteroatoms. The molecule has 104 valence electrons. The first-order chi connectivity index (χ1) is 9.07. The fraction of sp³-hybridized carbons (Fsp3) is 0.538. The Morgan fingerprint density at radius 1 is 1.47 bits per heavy atom.